The van der Waals surface area contributed by atoms with E-state index >= 15 is 0 Å². The van der Waals surface area contributed by atoms with Gasteiger partial charge in [0.1, 0.15) is 5.75 Å². The van der Waals surface area contributed by atoms with E-state index < -0.39 is 0 Å². The van der Waals surface area contributed by atoms with Crippen molar-refractivity contribution in [2.75, 3.05) is 18.5 Å². The lowest BCUT2D eigenvalue weighted by Gasteiger charge is -2.12. The van der Waals surface area contributed by atoms with Crippen LogP contribution in [0.4, 0.5) is 5.69 Å². The SMILES string of the molecule is CCCNC(=O)c1ccccc1NC(=O)CCCOc1ccc(Cl)cc1C. The number of rotatable bonds is 9. The molecule has 0 saturated heterocycles. The number of carbonyl (C=O) groups excluding carboxylic acids is 2. The molecule has 0 atom stereocenters. The Kier molecular flexibility index (Phi) is 8.14. The summed E-state index contributed by atoms with van der Waals surface area (Å²) < 4.78 is 5.70. The number of aryl methyl sites for hydroxylation is 1. The molecule has 0 heterocycles. The first kappa shape index (κ1) is 20.8. The molecule has 0 saturated carbocycles. The summed E-state index contributed by atoms with van der Waals surface area (Å²) in [6.07, 6.45) is 1.73. The second-order valence-corrected chi connectivity index (χ2v) is 6.65. The smallest absolute Gasteiger partial charge is 0.253 e. The number of halogens is 1. The molecular formula is C21H25ClN2O3. The minimum atomic E-state index is -0.186. The Bertz CT molecular complexity index is 793. The van der Waals surface area contributed by atoms with Crippen molar-refractivity contribution >= 4 is 29.1 Å². The number of para-hydroxylation sites is 1. The Balaban J connectivity index is 1.83. The van der Waals surface area contributed by atoms with Crippen LogP contribution in [0.3, 0.4) is 0 Å². The molecular weight excluding hydrogens is 364 g/mol. The zero-order valence-electron chi connectivity index (χ0n) is 15.7. The lowest BCUT2D eigenvalue weighted by molar-refractivity contribution is -0.116. The van der Waals surface area contributed by atoms with Gasteiger partial charge in [0.05, 0.1) is 17.9 Å². The van der Waals surface area contributed by atoms with Gasteiger partial charge in [0, 0.05) is 18.0 Å². The van der Waals surface area contributed by atoms with Crippen LogP contribution in [0.5, 0.6) is 5.75 Å². The summed E-state index contributed by atoms with van der Waals surface area (Å²) in [4.78, 5) is 24.4. The molecule has 0 spiro atoms. The maximum Gasteiger partial charge on any atom is 0.253 e. The van der Waals surface area contributed by atoms with Gasteiger partial charge in [0.15, 0.2) is 0 Å². The highest BCUT2D eigenvalue weighted by molar-refractivity contribution is 6.30. The van der Waals surface area contributed by atoms with E-state index in [4.69, 9.17) is 16.3 Å². The van der Waals surface area contributed by atoms with Crippen LogP contribution in [0, 0.1) is 6.92 Å². The number of anilines is 1. The van der Waals surface area contributed by atoms with Crippen LogP contribution >= 0.6 is 11.6 Å². The van der Waals surface area contributed by atoms with Crippen LogP contribution in [-0.4, -0.2) is 25.0 Å². The van der Waals surface area contributed by atoms with E-state index in [1.807, 2.05) is 26.0 Å². The fraction of sp³-hybridized carbons (Fsp3) is 0.333. The molecule has 27 heavy (non-hydrogen) atoms. The minimum absolute atomic E-state index is 0.151. The largest absolute Gasteiger partial charge is 0.493 e. The Hall–Kier alpha value is -2.53. The predicted octanol–water partition coefficient (Wildman–Crippen LogP) is 4.59. The van der Waals surface area contributed by atoms with Gasteiger partial charge in [0.25, 0.3) is 5.91 Å². The molecule has 0 aliphatic heterocycles. The molecule has 2 rings (SSSR count). The average molecular weight is 389 g/mol. The maximum absolute atomic E-state index is 12.2. The molecule has 2 amide bonds. The minimum Gasteiger partial charge on any atom is -0.493 e. The van der Waals surface area contributed by atoms with Crippen molar-refractivity contribution in [2.45, 2.75) is 33.1 Å². The summed E-state index contributed by atoms with van der Waals surface area (Å²) in [7, 11) is 0. The highest BCUT2D eigenvalue weighted by atomic mass is 35.5. The second kappa shape index (κ2) is 10.6. The summed E-state index contributed by atoms with van der Waals surface area (Å²) in [6, 6.07) is 12.4. The van der Waals surface area contributed by atoms with Crippen LogP contribution < -0.4 is 15.4 Å². The summed E-state index contributed by atoms with van der Waals surface area (Å²) >= 11 is 5.92. The number of hydrogen-bond acceptors (Lipinski definition) is 3. The molecule has 0 aliphatic rings. The van der Waals surface area contributed by atoms with Crippen molar-refractivity contribution in [3.63, 3.8) is 0 Å². The van der Waals surface area contributed by atoms with Crippen LogP contribution in [0.25, 0.3) is 0 Å². The van der Waals surface area contributed by atoms with Crippen LogP contribution in [-0.2, 0) is 4.79 Å². The number of amides is 2. The lowest BCUT2D eigenvalue weighted by atomic mass is 10.1. The third kappa shape index (κ3) is 6.61. The zero-order valence-corrected chi connectivity index (χ0v) is 16.4. The molecule has 2 aromatic carbocycles. The molecule has 2 N–H and O–H groups in total. The normalized spacial score (nSPS) is 10.3. The summed E-state index contributed by atoms with van der Waals surface area (Å²) in [5, 5.41) is 6.30. The van der Waals surface area contributed by atoms with E-state index in [9.17, 15) is 9.59 Å². The second-order valence-electron chi connectivity index (χ2n) is 6.21. The summed E-state index contributed by atoms with van der Waals surface area (Å²) in [5.74, 6) is 0.425. The van der Waals surface area contributed by atoms with Crippen molar-refractivity contribution in [3.8, 4) is 5.75 Å². The van der Waals surface area contributed by atoms with Crippen molar-refractivity contribution in [3.05, 3.63) is 58.6 Å². The van der Waals surface area contributed by atoms with Gasteiger partial charge >= 0.3 is 0 Å². The fourth-order valence-electron chi connectivity index (χ4n) is 2.53. The third-order valence-electron chi connectivity index (χ3n) is 3.92. The number of hydrogen-bond donors (Lipinski definition) is 2. The van der Waals surface area contributed by atoms with Crippen molar-refractivity contribution in [1.29, 1.82) is 0 Å². The van der Waals surface area contributed by atoms with E-state index in [1.54, 1.807) is 30.3 Å². The van der Waals surface area contributed by atoms with E-state index in [0.29, 0.717) is 42.3 Å². The van der Waals surface area contributed by atoms with Crippen LogP contribution in [0.15, 0.2) is 42.5 Å². The highest BCUT2D eigenvalue weighted by Crippen LogP contribution is 2.22. The van der Waals surface area contributed by atoms with Crippen LogP contribution in [0.1, 0.15) is 42.1 Å². The summed E-state index contributed by atoms with van der Waals surface area (Å²) in [5.41, 5.74) is 1.94. The fourth-order valence-corrected chi connectivity index (χ4v) is 2.75. The predicted molar refractivity (Wildman–Crippen MR) is 109 cm³/mol. The number of ether oxygens (including phenoxy) is 1. The standard InChI is InChI=1S/C21H25ClN2O3/c1-3-12-23-21(26)17-7-4-5-8-18(17)24-20(25)9-6-13-27-19-11-10-16(22)14-15(19)2/h4-5,7-8,10-11,14H,3,6,9,12-13H2,1-2H3,(H,23,26)(H,24,25). The van der Waals surface area contributed by atoms with E-state index in [1.165, 1.54) is 0 Å². The highest BCUT2D eigenvalue weighted by Gasteiger charge is 2.12. The molecule has 0 radical (unpaired) electrons. The van der Waals surface area contributed by atoms with Gasteiger partial charge in [-0.25, -0.2) is 0 Å². The Labute approximate surface area is 165 Å². The average Bonchev–Trinajstić information content (AvgIpc) is 2.65. The monoisotopic (exact) mass is 388 g/mol. The van der Waals surface area contributed by atoms with Gasteiger partial charge in [0.2, 0.25) is 5.91 Å². The molecule has 0 aromatic heterocycles. The molecule has 0 bridgehead atoms. The zero-order chi connectivity index (χ0) is 19.6. The van der Waals surface area contributed by atoms with E-state index in [2.05, 4.69) is 10.6 Å². The molecule has 2 aromatic rings. The Morgan fingerprint density at radius 1 is 1.15 bits per heavy atom. The number of nitrogens with one attached hydrogen (secondary N) is 2. The molecule has 6 heteroatoms. The number of benzene rings is 2. The third-order valence-corrected chi connectivity index (χ3v) is 4.16. The van der Waals surface area contributed by atoms with E-state index in [0.717, 1.165) is 17.7 Å². The van der Waals surface area contributed by atoms with Crippen molar-refractivity contribution in [1.82, 2.24) is 5.32 Å². The molecule has 0 fully saturated rings. The maximum atomic E-state index is 12.2. The van der Waals surface area contributed by atoms with Gasteiger partial charge in [-0.1, -0.05) is 30.7 Å². The molecule has 0 aliphatic carbocycles. The van der Waals surface area contributed by atoms with Crippen molar-refractivity contribution < 1.29 is 14.3 Å². The Morgan fingerprint density at radius 3 is 2.67 bits per heavy atom. The molecule has 144 valence electrons. The van der Waals surface area contributed by atoms with Gasteiger partial charge < -0.3 is 15.4 Å². The first-order chi connectivity index (χ1) is 13.0. The van der Waals surface area contributed by atoms with Gasteiger partial charge in [-0.15, -0.1) is 0 Å². The van der Waals surface area contributed by atoms with E-state index in [-0.39, 0.29) is 11.8 Å². The summed E-state index contributed by atoms with van der Waals surface area (Å²) in [6.45, 7) is 4.94. The lowest BCUT2D eigenvalue weighted by Crippen LogP contribution is -2.25. The first-order valence-corrected chi connectivity index (χ1v) is 9.45. The van der Waals surface area contributed by atoms with Gasteiger partial charge in [-0.05, 0) is 55.7 Å². The van der Waals surface area contributed by atoms with Crippen LogP contribution in [0.2, 0.25) is 5.02 Å². The first-order valence-electron chi connectivity index (χ1n) is 9.07. The quantitative estimate of drug-likeness (QED) is 0.617. The Morgan fingerprint density at radius 2 is 1.93 bits per heavy atom. The van der Waals surface area contributed by atoms with Gasteiger partial charge in [-0.2, -0.15) is 0 Å². The van der Waals surface area contributed by atoms with Crippen molar-refractivity contribution in [2.24, 2.45) is 0 Å². The number of carbonyl (C=O) groups is 2. The molecule has 0 unspecified atom stereocenters. The topological polar surface area (TPSA) is 67.4 Å². The van der Waals surface area contributed by atoms with Gasteiger partial charge in [-0.3, -0.25) is 9.59 Å². The molecule has 5 nitrogen and oxygen atoms in total.